The minimum Gasteiger partial charge on any atom is -0.457 e. The van der Waals surface area contributed by atoms with Crippen LogP contribution < -0.4 is 9.64 Å². The number of anilines is 1. The van der Waals surface area contributed by atoms with Gasteiger partial charge in [-0.3, -0.25) is 4.79 Å². The lowest BCUT2D eigenvalue weighted by Gasteiger charge is -2.15. The third-order valence-electron chi connectivity index (χ3n) is 4.50. The van der Waals surface area contributed by atoms with Gasteiger partial charge in [0.25, 0.3) is 0 Å². The molecule has 4 rings (SSSR count). The van der Waals surface area contributed by atoms with Crippen LogP contribution in [0.15, 0.2) is 76.2 Å². The summed E-state index contributed by atoms with van der Waals surface area (Å²) in [6.07, 6.45) is 2.95. The van der Waals surface area contributed by atoms with E-state index >= 15 is 0 Å². The average molecular weight is 393 g/mol. The molecule has 0 aliphatic carbocycles. The summed E-state index contributed by atoms with van der Waals surface area (Å²) in [6.45, 7) is 0.729. The number of hydrogen-bond acceptors (Lipinski definition) is 5. The second kappa shape index (κ2) is 8.35. The maximum Gasteiger partial charge on any atom is 0.379 e. The standard InChI is InChI=1S/C22H19NO4S/c24-20-7-4-13-23(20)17-8-10-18(11-9-17)27-22(25)21-16(12-14-26-21)15-28-19-5-2-1-3-6-19/h1-3,5-6,8-12,14H,4,7,13,15H2. The van der Waals surface area contributed by atoms with Crippen LogP contribution in [0.1, 0.15) is 29.0 Å². The molecule has 0 N–H and O–H groups in total. The highest BCUT2D eigenvalue weighted by molar-refractivity contribution is 7.98. The number of hydrogen-bond donors (Lipinski definition) is 0. The van der Waals surface area contributed by atoms with Crippen molar-refractivity contribution in [1.82, 2.24) is 0 Å². The lowest BCUT2D eigenvalue weighted by molar-refractivity contribution is -0.117. The summed E-state index contributed by atoms with van der Waals surface area (Å²) >= 11 is 1.63. The Morgan fingerprint density at radius 1 is 1.07 bits per heavy atom. The van der Waals surface area contributed by atoms with E-state index in [0.29, 0.717) is 17.9 Å². The molecule has 6 heteroatoms. The molecule has 0 unspecified atom stereocenters. The van der Waals surface area contributed by atoms with Gasteiger partial charge in [-0.2, -0.15) is 0 Å². The molecular formula is C22H19NO4S. The average Bonchev–Trinajstić information content (AvgIpc) is 3.37. The van der Waals surface area contributed by atoms with E-state index in [-0.39, 0.29) is 11.7 Å². The summed E-state index contributed by atoms with van der Waals surface area (Å²) < 4.78 is 10.8. The molecule has 0 saturated carbocycles. The van der Waals surface area contributed by atoms with Crippen LogP contribution in [0.5, 0.6) is 5.75 Å². The predicted molar refractivity (Wildman–Crippen MR) is 108 cm³/mol. The van der Waals surface area contributed by atoms with E-state index in [1.54, 1.807) is 47.0 Å². The molecule has 2 aromatic carbocycles. The van der Waals surface area contributed by atoms with Crippen LogP contribution in [0.4, 0.5) is 5.69 Å². The lowest BCUT2D eigenvalue weighted by atomic mass is 10.2. The van der Waals surface area contributed by atoms with Crippen molar-refractivity contribution >= 4 is 29.3 Å². The van der Waals surface area contributed by atoms with Gasteiger partial charge in [0.15, 0.2) is 0 Å². The predicted octanol–water partition coefficient (Wildman–Crippen LogP) is 4.92. The number of benzene rings is 2. The smallest absolute Gasteiger partial charge is 0.379 e. The molecule has 1 fully saturated rings. The summed E-state index contributed by atoms with van der Waals surface area (Å²) in [4.78, 5) is 27.2. The van der Waals surface area contributed by atoms with Crippen LogP contribution in [0.25, 0.3) is 0 Å². The molecule has 5 nitrogen and oxygen atoms in total. The van der Waals surface area contributed by atoms with E-state index in [4.69, 9.17) is 9.15 Å². The topological polar surface area (TPSA) is 59.8 Å². The van der Waals surface area contributed by atoms with Gasteiger partial charge in [0.2, 0.25) is 11.7 Å². The summed E-state index contributed by atoms with van der Waals surface area (Å²) in [5.74, 6) is 0.834. The third kappa shape index (κ3) is 4.12. The van der Waals surface area contributed by atoms with Gasteiger partial charge in [-0.15, -0.1) is 11.8 Å². The first kappa shape index (κ1) is 18.4. The first-order chi connectivity index (χ1) is 13.7. The van der Waals surface area contributed by atoms with Gasteiger partial charge in [0.1, 0.15) is 5.75 Å². The van der Waals surface area contributed by atoms with Crippen molar-refractivity contribution < 1.29 is 18.7 Å². The van der Waals surface area contributed by atoms with Crippen molar-refractivity contribution in [3.63, 3.8) is 0 Å². The van der Waals surface area contributed by atoms with Crippen LogP contribution in [-0.4, -0.2) is 18.4 Å². The Morgan fingerprint density at radius 2 is 1.86 bits per heavy atom. The molecule has 2 heterocycles. The van der Waals surface area contributed by atoms with E-state index < -0.39 is 5.97 Å². The number of amides is 1. The molecule has 28 heavy (non-hydrogen) atoms. The number of nitrogens with zero attached hydrogens (tertiary/aromatic N) is 1. The number of ether oxygens (including phenoxy) is 1. The van der Waals surface area contributed by atoms with Gasteiger partial charge in [-0.1, -0.05) is 18.2 Å². The van der Waals surface area contributed by atoms with E-state index in [2.05, 4.69) is 0 Å². The zero-order valence-corrected chi connectivity index (χ0v) is 16.0. The first-order valence-electron chi connectivity index (χ1n) is 9.07. The molecular weight excluding hydrogens is 374 g/mol. The Hall–Kier alpha value is -2.99. The maximum atomic E-state index is 12.5. The van der Waals surface area contributed by atoms with Crippen molar-refractivity contribution in [2.24, 2.45) is 0 Å². The molecule has 0 atom stereocenters. The SMILES string of the molecule is O=C(Oc1ccc(N2CCCC2=O)cc1)c1occc1CSc1ccccc1. The summed E-state index contributed by atoms with van der Waals surface area (Å²) in [7, 11) is 0. The van der Waals surface area contributed by atoms with E-state index in [1.807, 2.05) is 30.3 Å². The third-order valence-corrected chi connectivity index (χ3v) is 5.56. The van der Waals surface area contributed by atoms with Gasteiger partial charge in [-0.25, -0.2) is 4.79 Å². The lowest BCUT2D eigenvalue weighted by Crippen LogP contribution is -2.23. The van der Waals surface area contributed by atoms with E-state index in [9.17, 15) is 9.59 Å². The number of carbonyl (C=O) groups excluding carboxylic acids is 2. The van der Waals surface area contributed by atoms with Crippen LogP contribution >= 0.6 is 11.8 Å². The van der Waals surface area contributed by atoms with Crippen LogP contribution in [0, 0.1) is 0 Å². The molecule has 1 aromatic heterocycles. The Kier molecular flexibility index (Phi) is 5.48. The molecule has 1 aliphatic rings. The van der Waals surface area contributed by atoms with E-state index in [1.165, 1.54) is 6.26 Å². The van der Waals surface area contributed by atoms with Crippen molar-refractivity contribution in [2.45, 2.75) is 23.5 Å². The monoisotopic (exact) mass is 393 g/mol. The Bertz CT molecular complexity index is 966. The Morgan fingerprint density at radius 3 is 2.57 bits per heavy atom. The Balaban J connectivity index is 1.40. The molecule has 1 saturated heterocycles. The molecule has 0 bridgehead atoms. The molecule has 1 aliphatic heterocycles. The number of carbonyl (C=O) groups is 2. The molecule has 0 radical (unpaired) electrons. The fourth-order valence-electron chi connectivity index (χ4n) is 3.07. The molecule has 1 amide bonds. The van der Waals surface area contributed by atoms with Crippen LogP contribution in [0.3, 0.4) is 0 Å². The normalized spacial score (nSPS) is 13.7. The highest BCUT2D eigenvalue weighted by atomic mass is 32.2. The largest absolute Gasteiger partial charge is 0.457 e. The zero-order chi connectivity index (χ0) is 19.3. The van der Waals surface area contributed by atoms with Gasteiger partial charge < -0.3 is 14.1 Å². The Labute approximate surface area is 167 Å². The maximum absolute atomic E-state index is 12.5. The van der Waals surface area contributed by atoms with Crippen LogP contribution in [0.2, 0.25) is 0 Å². The highest BCUT2D eigenvalue weighted by Crippen LogP contribution is 2.27. The van der Waals surface area contributed by atoms with Crippen molar-refractivity contribution in [3.05, 3.63) is 78.3 Å². The van der Waals surface area contributed by atoms with Crippen molar-refractivity contribution in [3.8, 4) is 5.75 Å². The second-order valence-corrected chi connectivity index (χ2v) is 7.46. The van der Waals surface area contributed by atoms with Crippen LogP contribution in [-0.2, 0) is 10.5 Å². The number of furan rings is 1. The molecule has 3 aromatic rings. The summed E-state index contributed by atoms with van der Waals surface area (Å²) in [6, 6.07) is 18.7. The van der Waals surface area contributed by atoms with Gasteiger partial charge in [0, 0.05) is 34.9 Å². The quantitative estimate of drug-likeness (QED) is 0.338. The summed E-state index contributed by atoms with van der Waals surface area (Å²) in [5.41, 5.74) is 1.61. The fourth-order valence-corrected chi connectivity index (χ4v) is 3.97. The first-order valence-corrected chi connectivity index (χ1v) is 10.1. The highest BCUT2D eigenvalue weighted by Gasteiger charge is 2.22. The van der Waals surface area contributed by atoms with Gasteiger partial charge >= 0.3 is 5.97 Å². The fraction of sp³-hybridized carbons (Fsp3) is 0.182. The minimum absolute atomic E-state index is 0.126. The molecule has 142 valence electrons. The minimum atomic E-state index is -0.529. The van der Waals surface area contributed by atoms with Gasteiger partial charge in [-0.05, 0) is 48.9 Å². The van der Waals surface area contributed by atoms with E-state index in [0.717, 1.165) is 29.1 Å². The zero-order valence-electron chi connectivity index (χ0n) is 15.2. The number of thioether (sulfide) groups is 1. The summed E-state index contributed by atoms with van der Waals surface area (Å²) in [5, 5.41) is 0. The number of esters is 1. The molecule has 0 spiro atoms. The second-order valence-electron chi connectivity index (χ2n) is 6.41. The van der Waals surface area contributed by atoms with Crippen molar-refractivity contribution in [2.75, 3.05) is 11.4 Å². The van der Waals surface area contributed by atoms with Crippen molar-refractivity contribution in [1.29, 1.82) is 0 Å². The number of rotatable bonds is 6. The van der Waals surface area contributed by atoms with Gasteiger partial charge in [0.05, 0.1) is 6.26 Å².